The van der Waals surface area contributed by atoms with Gasteiger partial charge in [0, 0.05) is 70.4 Å². The summed E-state index contributed by atoms with van der Waals surface area (Å²) in [7, 11) is 3.13. The van der Waals surface area contributed by atoms with Crippen molar-refractivity contribution in [3.05, 3.63) is 29.8 Å². The van der Waals surface area contributed by atoms with E-state index in [0.29, 0.717) is 57.1 Å². The van der Waals surface area contributed by atoms with Crippen LogP contribution in [0.25, 0.3) is 0 Å². The van der Waals surface area contributed by atoms with Crippen LogP contribution in [0.15, 0.2) is 24.3 Å². The van der Waals surface area contributed by atoms with E-state index >= 15 is 0 Å². The van der Waals surface area contributed by atoms with Gasteiger partial charge in [0.05, 0.1) is 65.5 Å². The number of benzene rings is 1. The van der Waals surface area contributed by atoms with Crippen LogP contribution in [0, 0.1) is 23.7 Å². The lowest BCUT2D eigenvalue weighted by molar-refractivity contribution is -0.140. The molecule has 1 saturated heterocycles. The minimum absolute atomic E-state index is 0.0380. The van der Waals surface area contributed by atoms with Gasteiger partial charge in [0.15, 0.2) is 0 Å². The zero-order chi connectivity index (χ0) is 49.9. The fourth-order valence-corrected chi connectivity index (χ4v) is 6.68. The molecule has 20 heteroatoms. The summed E-state index contributed by atoms with van der Waals surface area (Å²) in [6.07, 6.45) is 0.184. The lowest BCUT2D eigenvalue weighted by Gasteiger charge is -2.24. The van der Waals surface area contributed by atoms with Crippen LogP contribution in [0.1, 0.15) is 92.1 Å². The third-order valence-corrected chi connectivity index (χ3v) is 10.9. The van der Waals surface area contributed by atoms with Gasteiger partial charge in [-0.15, -0.1) is 0 Å². The number of ketones is 1. The molecular weight excluding hydrogens is 873 g/mol. The van der Waals surface area contributed by atoms with E-state index in [-0.39, 0.29) is 120 Å². The number of unbranched alkanes of at least 4 members (excludes halogenated alkanes) is 1. The average Bonchev–Trinajstić information content (AvgIpc) is 3.56. The van der Waals surface area contributed by atoms with E-state index in [4.69, 9.17) is 34.2 Å². The summed E-state index contributed by atoms with van der Waals surface area (Å²) < 4.78 is 32.6. The number of ether oxygens (including phenoxy) is 6. The number of nitrogens with one attached hydrogen (secondary N) is 2. The molecule has 1 aliphatic rings. The fourth-order valence-electron chi connectivity index (χ4n) is 6.68. The Balaban J connectivity index is 1.73. The Bertz CT molecular complexity index is 1730. The van der Waals surface area contributed by atoms with Crippen LogP contribution in [0.2, 0.25) is 0 Å². The van der Waals surface area contributed by atoms with E-state index in [9.17, 15) is 38.4 Å². The first-order chi connectivity index (χ1) is 31.8. The second-order valence-electron chi connectivity index (χ2n) is 17.5. The van der Waals surface area contributed by atoms with Gasteiger partial charge in [0.25, 0.3) is 0 Å². The van der Waals surface area contributed by atoms with E-state index in [2.05, 4.69) is 10.6 Å². The fraction of sp³-hybridized carbons (Fsp3) is 0.702. The molecule has 378 valence electrons. The Hall–Kier alpha value is -5.18. The second kappa shape index (κ2) is 31.7. The van der Waals surface area contributed by atoms with E-state index in [1.165, 1.54) is 14.7 Å². The number of likely N-dealkylation sites (tertiary alicyclic amines) is 1. The molecule has 1 fully saturated rings. The van der Waals surface area contributed by atoms with Crippen LogP contribution in [0.5, 0.6) is 0 Å². The first kappa shape index (κ1) is 57.9. The van der Waals surface area contributed by atoms with Crippen molar-refractivity contribution in [3.8, 4) is 0 Å². The summed E-state index contributed by atoms with van der Waals surface area (Å²) in [4.78, 5) is 104. The van der Waals surface area contributed by atoms with Crippen molar-refractivity contribution in [2.75, 3.05) is 91.9 Å². The monoisotopic (exact) mass is 949 g/mol. The topological polar surface area (TPSA) is 252 Å². The van der Waals surface area contributed by atoms with Gasteiger partial charge in [-0.1, -0.05) is 46.2 Å². The number of carbonyl (C=O) groups excluding carboxylic acids is 8. The number of primary amides is 1. The number of anilines is 1. The normalized spacial score (nSPS) is 14.6. The quantitative estimate of drug-likeness (QED) is 0.0655. The van der Waals surface area contributed by atoms with Crippen molar-refractivity contribution in [2.45, 2.75) is 105 Å². The molecule has 3 atom stereocenters. The van der Waals surface area contributed by atoms with Gasteiger partial charge in [-0.3, -0.25) is 33.7 Å². The third-order valence-electron chi connectivity index (χ3n) is 10.9. The molecule has 0 aliphatic carbocycles. The number of Topliss-reactive ketones (excluding diaryl/α,β-unsaturated/α-hetero) is 1. The Morgan fingerprint density at radius 2 is 1.31 bits per heavy atom. The molecule has 1 unspecified atom stereocenters. The Labute approximate surface area is 395 Å². The molecule has 67 heavy (non-hydrogen) atoms. The number of hydrogen-bond donors (Lipinski definition) is 3. The summed E-state index contributed by atoms with van der Waals surface area (Å²) in [5.74, 6) is -2.91. The van der Waals surface area contributed by atoms with Gasteiger partial charge in [-0.25, -0.2) is 9.59 Å². The van der Waals surface area contributed by atoms with Crippen molar-refractivity contribution in [1.82, 2.24) is 20.0 Å². The molecule has 0 bridgehead atoms. The van der Waals surface area contributed by atoms with Crippen molar-refractivity contribution < 1.29 is 66.8 Å². The van der Waals surface area contributed by atoms with Crippen LogP contribution in [0.4, 0.5) is 15.3 Å². The summed E-state index contributed by atoms with van der Waals surface area (Å²) >= 11 is 0. The molecular formula is C47H76N6O14. The molecule has 1 heterocycles. The molecule has 4 N–H and O–H groups in total. The summed E-state index contributed by atoms with van der Waals surface area (Å²) in [6, 6.07) is 5.68. The van der Waals surface area contributed by atoms with Crippen molar-refractivity contribution in [3.63, 3.8) is 0 Å². The van der Waals surface area contributed by atoms with Gasteiger partial charge in [-0.2, -0.15) is 0 Å². The zero-order valence-electron chi connectivity index (χ0n) is 40.8. The van der Waals surface area contributed by atoms with Crippen molar-refractivity contribution in [2.24, 2.45) is 29.4 Å². The van der Waals surface area contributed by atoms with E-state index in [0.717, 1.165) is 0 Å². The van der Waals surface area contributed by atoms with E-state index < -0.39 is 41.9 Å². The molecule has 1 aromatic rings. The summed E-state index contributed by atoms with van der Waals surface area (Å²) in [5.41, 5.74) is 6.39. The second-order valence-corrected chi connectivity index (χ2v) is 17.5. The van der Waals surface area contributed by atoms with Crippen LogP contribution in [-0.2, 0) is 63.8 Å². The van der Waals surface area contributed by atoms with Crippen LogP contribution >= 0.6 is 0 Å². The maximum atomic E-state index is 13.6. The maximum Gasteiger partial charge on any atom is 0.409 e. The predicted octanol–water partition coefficient (Wildman–Crippen LogP) is 3.92. The van der Waals surface area contributed by atoms with Gasteiger partial charge in [0.2, 0.25) is 29.5 Å². The molecule has 0 radical (unpaired) electrons. The van der Waals surface area contributed by atoms with Crippen LogP contribution in [-0.4, -0.2) is 161 Å². The average molecular weight is 949 g/mol. The molecule has 0 aromatic heterocycles. The molecule has 0 spiro atoms. The Kier molecular flexibility index (Phi) is 27.4. The van der Waals surface area contributed by atoms with Gasteiger partial charge in [0.1, 0.15) is 18.4 Å². The molecule has 20 nitrogen and oxygen atoms in total. The minimum Gasteiger partial charge on any atom is -0.447 e. The highest BCUT2D eigenvalue weighted by atomic mass is 16.6. The summed E-state index contributed by atoms with van der Waals surface area (Å²) in [6.45, 7) is 14.0. The Morgan fingerprint density at radius 3 is 1.85 bits per heavy atom. The van der Waals surface area contributed by atoms with Crippen LogP contribution < -0.4 is 16.4 Å². The molecule has 1 aromatic carbocycles. The number of nitrogens with two attached hydrogens (primary N) is 1. The highest BCUT2D eigenvalue weighted by molar-refractivity contribution is 6.03. The molecule has 1 aliphatic heterocycles. The lowest BCUT2D eigenvalue weighted by atomic mass is 9.88. The van der Waals surface area contributed by atoms with Gasteiger partial charge >= 0.3 is 12.2 Å². The van der Waals surface area contributed by atoms with E-state index in [1.807, 2.05) is 27.7 Å². The smallest absolute Gasteiger partial charge is 0.409 e. The number of nitrogens with zero attached hydrogens (tertiary/aromatic N) is 3. The first-order valence-corrected chi connectivity index (χ1v) is 23.3. The largest absolute Gasteiger partial charge is 0.447 e. The van der Waals surface area contributed by atoms with Crippen LogP contribution in [0.3, 0.4) is 0 Å². The number of amides is 7. The number of rotatable bonds is 34. The van der Waals surface area contributed by atoms with Gasteiger partial charge in [-0.05, 0) is 56.2 Å². The van der Waals surface area contributed by atoms with E-state index in [1.54, 1.807) is 52.2 Å². The Morgan fingerprint density at radius 1 is 0.746 bits per heavy atom. The summed E-state index contributed by atoms with van der Waals surface area (Å²) in [5, 5.41) is 5.65. The highest BCUT2D eigenvalue weighted by Gasteiger charge is 2.39. The standard InChI is InChI=1S/C47H76N6O14/c1-32(2)38(29-37(54)17-21-62-23-25-64-27-28-65-26-24-63-22-20-53-42(56)30-39(33(3)4)45(53)59)43(57)50-40(11-9-10-12-41(48)55)44(58)49-36-15-13-35(14-16-36)31-66-46(60)51(7)18-19-52(8)47(61)67-34(5)6/h13-16,32-34,38-40H,9-12,17-31H2,1-8H3,(H2,48,55)(H,49,58)(H,50,57)/t38-,39?,40+/m1/s1. The molecule has 0 saturated carbocycles. The zero-order valence-corrected chi connectivity index (χ0v) is 40.8. The first-order valence-electron chi connectivity index (χ1n) is 23.3. The minimum atomic E-state index is -0.968. The highest BCUT2D eigenvalue weighted by Crippen LogP contribution is 2.26. The third kappa shape index (κ3) is 23.4. The maximum absolute atomic E-state index is 13.6. The SMILES string of the molecule is CC(C)OC(=O)N(C)CCN(C)C(=O)OCc1ccc(NC(=O)[C@H](CCCCC(N)=O)NC(=O)[C@H](CC(=O)CCOCCOCCOCCOCCN2C(=O)CC(C(C)C)C2=O)C(C)C)cc1. The number of carbonyl (C=O) groups is 8. The number of imide groups is 1. The lowest BCUT2D eigenvalue weighted by Crippen LogP contribution is -2.47. The molecule has 7 amide bonds. The van der Waals surface area contributed by atoms with Crippen molar-refractivity contribution in [1.29, 1.82) is 0 Å². The van der Waals surface area contributed by atoms with Gasteiger partial charge < -0.3 is 54.6 Å². The number of likely N-dealkylation sites (N-methyl/N-ethyl adjacent to an activating group) is 2. The number of hydrogen-bond acceptors (Lipinski definition) is 14. The van der Waals surface area contributed by atoms with Crippen molar-refractivity contribution >= 4 is 53.2 Å². The molecule has 2 rings (SSSR count). The predicted molar refractivity (Wildman–Crippen MR) is 247 cm³/mol.